The van der Waals surface area contributed by atoms with Gasteiger partial charge in [0, 0.05) is 37.4 Å². The van der Waals surface area contributed by atoms with Crippen LogP contribution in [-0.2, 0) is 11.3 Å². The molecule has 0 bridgehead atoms. The first-order valence-corrected chi connectivity index (χ1v) is 13.8. The van der Waals surface area contributed by atoms with Crippen molar-refractivity contribution in [2.24, 2.45) is 5.41 Å². The highest BCUT2D eigenvalue weighted by Gasteiger charge is 2.37. The maximum atomic E-state index is 13.8. The van der Waals surface area contributed by atoms with Crippen LogP contribution in [0.25, 0.3) is 17.7 Å². The molecule has 8 heteroatoms. The summed E-state index contributed by atoms with van der Waals surface area (Å²) in [5, 5.41) is 15.4. The summed E-state index contributed by atoms with van der Waals surface area (Å²) >= 11 is 0. The zero-order valence-electron chi connectivity index (χ0n) is 23.4. The van der Waals surface area contributed by atoms with E-state index in [1.807, 2.05) is 26.0 Å². The minimum Gasteiger partial charge on any atom is -0.506 e. The number of morpholine rings is 1. The van der Waals surface area contributed by atoms with Gasteiger partial charge in [-0.2, -0.15) is 0 Å². The summed E-state index contributed by atoms with van der Waals surface area (Å²) in [5.74, 6) is -1.23. The first-order chi connectivity index (χ1) is 18.6. The van der Waals surface area contributed by atoms with Gasteiger partial charge < -0.3 is 19.7 Å². The van der Waals surface area contributed by atoms with Crippen molar-refractivity contribution in [3.05, 3.63) is 68.2 Å². The summed E-state index contributed by atoms with van der Waals surface area (Å²) in [6, 6.07) is 6.07. The Morgan fingerprint density at radius 3 is 2.44 bits per heavy atom. The Morgan fingerprint density at radius 2 is 1.85 bits per heavy atom. The molecule has 0 unspecified atom stereocenters. The average Bonchev–Trinajstić information content (AvgIpc) is 2.89. The Bertz CT molecular complexity index is 1400. The number of pyridine rings is 1. The van der Waals surface area contributed by atoms with Crippen molar-refractivity contribution in [2.75, 3.05) is 32.8 Å². The molecule has 39 heavy (non-hydrogen) atoms. The van der Waals surface area contributed by atoms with Crippen LogP contribution in [0.1, 0.15) is 62.9 Å². The van der Waals surface area contributed by atoms with Crippen LogP contribution < -0.4 is 21.4 Å². The molecule has 1 saturated carbocycles. The molecule has 1 aliphatic carbocycles. The summed E-state index contributed by atoms with van der Waals surface area (Å²) in [6.07, 6.45) is 7.80. The summed E-state index contributed by atoms with van der Waals surface area (Å²) in [7, 11) is 0. The third-order valence-electron chi connectivity index (χ3n) is 7.61. The van der Waals surface area contributed by atoms with E-state index in [1.54, 1.807) is 22.8 Å². The van der Waals surface area contributed by atoms with Crippen LogP contribution in [0.15, 0.2) is 35.1 Å². The molecule has 2 aromatic rings. The molecule has 2 fully saturated rings. The SMILES string of the molecule is C\C=C(/C=c1/c(O)c(C(=O)NC2CC(C)(C)C2)c(=O)n(CCN2CCOCC2)/c1=C\CC)c1ccc(F)cc1. The minimum atomic E-state index is -0.556. The van der Waals surface area contributed by atoms with Crippen molar-refractivity contribution in [2.45, 2.75) is 59.5 Å². The van der Waals surface area contributed by atoms with Gasteiger partial charge in [0.1, 0.15) is 17.1 Å². The van der Waals surface area contributed by atoms with Gasteiger partial charge in [-0.3, -0.25) is 14.5 Å². The molecule has 0 spiro atoms. The zero-order chi connectivity index (χ0) is 28.2. The smallest absolute Gasteiger partial charge is 0.267 e. The maximum Gasteiger partial charge on any atom is 0.267 e. The second-order valence-corrected chi connectivity index (χ2v) is 11.2. The molecule has 0 atom stereocenters. The first-order valence-electron chi connectivity index (χ1n) is 13.8. The second-order valence-electron chi connectivity index (χ2n) is 11.2. The van der Waals surface area contributed by atoms with E-state index in [0.717, 1.165) is 37.1 Å². The first kappa shape index (κ1) is 28.8. The van der Waals surface area contributed by atoms with Crippen LogP contribution in [0.2, 0.25) is 0 Å². The molecule has 2 N–H and O–H groups in total. The lowest BCUT2D eigenvalue weighted by Gasteiger charge is -2.42. The van der Waals surface area contributed by atoms with Crippen LogP contribution in [-0.4, -0.2) is 59.4 Å². The lowest BCUT2D eigenvalue weighted by molar-refractivity contribution is 0.0361. The summed E-state index contributed by atoms with van der Waals surface area (Å²) < 4.78 is 20.7. The van der Waals surface area contributed by atoms with Crippen LogP contribution in [0.3, 0.4) is 0 Å². The summed E-state index contributed by atoms with van der Waals surface area (Å²) in [4.78, 5) is 29.5. The Hall–Kier alpha value is -3.23. The predicted octanol–water partition coefficient (Wildman–Crippen LogP) is 3.02. The molecule has 1 aliphatic heterocycles. The van der Waals surface area contributed by atoms with E-state index in [2.05, 4.69) is 24.1 Å². The number of carbonyl (C=O) groups excluding carboxylic acids is 1. The monoisotopic (exact) mass is 537 g/mol. The number of amides is 1. The van der Waals surface area contributed by atoms with Gasteiger partial charge in [-0.15, -0.1) is 0 Å². The summed E-state index contributed by atoms with van der Waals surface area (Å²) in [6.45, 7) is 11.9. The fourth-order valence-corrected chi connectivity index (χ4v) is 5.56. The zero-order valence-corrected chi connectivity index (χ0v) is 23.4. The van der Waals surface area contributed by atoms with Gasteiger partial charge in [0.25, 0.3) is 11.5 Å². The lowest BCUT2D eigenvalue weighted by atomic mass is 9.68. The van der Waals surface area contributed by atoms with Crippen LogP contribution >= 0.6 is 0 Å². The second kappa shape index (κ2) is 12.3. The number of aromatic hydroxyl groups is 1. The van der Waals surface area contributed by atoms with Crippen LogP contribution in [0, 0.1) is 11.2 Å². The maximum absolute atomic E-state index is 13.8. The van der Waals surface area contributed by atoms with Crippen LogP contribution in [0.5, 0.6) is 5.75 Å². The molecule has 7 nitrogen and oxygen atoms in total. The van der Waals surface area contributed by atoms with Gasteiger partial charge in [0.2, 0.25) is 0 Å². The van der Waals surface area contributed by atoms with E-state index < -0.39 is 11.5 Å². The van der Waals surface area contributed by atoms with Crippen molar-refractivity contribution in [1.29, 1.82) is 0 Å². The number of hydrogen-bond acceptors (Lipinski definition) is 5. The number of carbonyl (C=O) groups is 1. The van der Waals surface area contributed by atoms with E-state index in [-0.39, 0.29) is 28.6 Å². The number of halogens is 1. The number of hydrogen-bond donors (Lipinski definition) is 2. The molecule has 1 aromatic heterocycles. The molecule has 210 valence electrons. The quantitative estimate of drug-likeness (QED) is 0.541. The third kappa shape index (κ3) is 6.68. The summed E-state index contributed by atoms with van der Waals surface area (Å²) in [5.41, 5.74) is 0.900. The number of aromatic nitrogens is 1. The Labute approximate surface area is 229 Å². The molecule has 2 aliphatic rings. The largest absolute Gasteiger partial charge is 0.506 e. The van der Waals surface area contributed by atoms with Gasteiger partial charge >= 0.3 is 0 Å². The molecule has 1 saturated heterocycles. The number of rotatable bonds is 8. The average molecular weight is 538 g/mol. The molecule has 1 aromatic carbocycles. The highest BCUT2D eigenvalue weighted by Crippen LogP contribution is 2.39. The van der Waals surface area contributed by atoms with Gasteiger partial charge in [0.15, 0.2) is 0 Å². The molecular weight excluding hydrogens is 497 g/mol. The Balaban J connectivity index is 1.86. The van der Waals surface area contributed by atoms with E-state index in [1.165, 1.54) is 12.1 Å². The molecule has 1 amide bonds. The topological polar surface area (TPSA) is 83.8 Å². The predicted molar refractivity (Wildman–Crippen MR) is 152 cm³/mol. The Kier molecular flexibility index (Phi) is 9.08. The normalized spacial score (nSPS) is 19.3. The number of allylic oxidation sites excluding steroid dienone is 2. The van der Waals surface area contributed by atoms with E-state index in [4.69, 9.17) is 4.74 Å². The molecular formula is C31H40FN3O4. The lowest BCUT2D eigenvalue weighted by Crippen LogP contribution is -2.52. The van der Waals surface area contributed by atoms with Crippen molar-refractivity contribution >= 4 is 23.6 Å². The van der Waals surface area contributed by atoms with Gasteiger partial charge in [-0.05, 0) is 60.9 Å². The van der Waals surface area contributed by atoms with Crippen molar-refractivity contribution < 1.29 is 19.0 Å². The highest BCUT2D eigenvalue weighted by molar-refractivity contribution is 5.97. The third-order valence-corrected chi connectivity index (χ3v) is 7.61. The fourth-order valence-electron chi connectivity index (χ4n) is 5.56. The van der Waals surface area contributed by atoms with E-state index in [9.17, 15) is 19.1 Å². The number of nitrogens with zero attached hydrogens (tertiary/aromatic N) is 2. The molecule has 2 heterocycles. The van der Waals surface area contributed by atoms with Crippen LogP contribution in [0.4, 0.5) is 4.39 Å². The number of nitrogens with one attached hydrogen (secondary N) is 1. The van der Waals surface area contributed by atoms with Gasteiger partial charge in [-0.25, -0.2) is 4.39 Å². The fraction of sp³-hybridized carbons (Fsp3) is 0.484. The van der Waals surface area contributed by atoms with Gasteiger partial charge in [0.05, 0.1) is 18.6 Å². The van der Waals surface area contributed by atoms with Gasteiger partial charge in [-0.1, -0.05) is 45.1 Å². The van der Waals surface area contributed by atoms with Crippen molar-refractivity contribution in [3.63, 3.8) is 0 Å². The molecule has 4 rings (SSSR count). The van der Waals surface area contributed by atoms with E-state index >= 15 is 0 Å². The van der Waals surface area contributed by atoms with Crippen molar-refractivity contribution in [1.82, 2.24) is 14.8 Å². The molecule has 0 radical (unpaired) electrons. The number of benzene rings is 1. The highest BCUT2D eigenvalue weighted by atomic mass is 19.1. The standard InChI is InChI=1S/C31H40FN3O4/c1-5-7-26-25(18-21(6-2)22-8-10-23(32)11-9-22)28(36)27(29(37)33-24-19-31(3,4)20-24)30(38)35(26)13-12-34-14-16-39-17-15-34/h6-11,18,24,36H,5,12-17,19-20H2,1-4H3,(H,33,37)/b21-6+,25-18+,26-7-. The number of ether oxygens (including phenoxy) is 1. The minimum absolute atomic E-state index is 0.0345. The Morgan fingerprint density at radius 1 is 1.18 bits per heavy atom. The van der Waals surface area contributed by atoms with Crippen molar-refractivity contribution in [3.8, 4) is 5.75 Å². The van der Waals surface area contributed by atoms with E-state index in [0.29, 0.717) is 43.3 Å².